The maximum atomic E-state index is 12.7. The third-order valence-corrected chi connectivity index (χ3v) is 5.44. The molecular weight excluding hydrogens is 250 g/mol. The number of carbonyl (C=O) groups is 1. The average molecular weight is 281 g/mol. The molecule has 0 aromatic carbocycles. The predicted octanol–water partition coefficient (Wildman–Crippen LogP) is 3.81. The van der Waals surface area contributed by atoms with Crippen molar-refractivity contribution >= 4 is 5.97 Å². The first-order valence-electron chi connectivity index (χ1n) is 8.47. The molecule has 1 N–H and O–H groups in total. The minimum Gasteiger partial charge on any atom is -0.465 e. The molecule has 0 amide bonds. The monoisotopic (exact) mass is 281 g/mol. The number of carbonyl (C=O) groups excluding carboxylic acids is 1. The first kappa shape index (κ1) is 15.8. The van der Waals surface area contributed by atoms with Gasteiger partial charge in [-0.1, -0.05) is 46.0 Å². The van der Waals surface area contributed by atoms with Crippen LogP contribution in [0.5, 0.6) is 0 Å². The standard InChI is InChI=1S/C17H31NO2/c1-4-20-15(19)17(13-9-12-16(17,2)3)18-14-10-7-5-6-8-11-14/h14,18H,4-13H2,1-3H3. The first-order chi connectivity index (χ1) is 9.52. The van der Waals surface area contributed by atoms with Crippen LogP contribution in [0.1, 0.15) is 78.6 Å². The van der Waals surface area contributed by atoms with Crippen molar-refractivity contribution in [3.63, 3.8) is 0 Å². The Kier molecular flexibility index (Phi) is 5.11. The van der Waals surface area contributed by atoms with Crippen LogP contribution in [0.25, 0.3) is 0 Å². The topological polar surface area (TPSA) is 38.3 Å². The quantitative estimate of drug-likeness (QED) is 0.629. The Morgan fingerprint density at radius 2 is 1.75 bits per heavy atom. The van der Waals surface area contributed by atoms with Crippen LogP contribution in [0.2, 0.25) is 0 Å². The van der Waals surface area contributed by atoms with Crippen molar-refractivity contribution in [1.82, 2.24) is 5.32 Å². The van der Waals surface area contributed by atoms with E-state index in [9.17, 15) is 4.79 Å². The number of rotatable bonds is 4. The highest BCUT2D eigenvalue weighted by Crippen LogP contribution is 2.47. The molecule has 2 fully saturated rings. The fraction of sp³-hybridized carbons (Fsp3) is 0.941. The van der Waals surface area contributed by atoms with Crippen LogP contribution in [0.3, 0.4) is 0 Å². The summed E-state index contributed by atoms with van der Waals surface area (Å²) in [5.74, 6) is -0.0215. The Morgan fingerprint density at radius 1 is 1.10 bits per heavy atom. The van der Waals surface area contributed by atoms with E-state index >= 15 is 0 Å². The second kappa shape index (κ2) is 6.46. The molecule has 1 unspecified atom stereocenters. The predicted molar refractivity (Wildman–Crippen MR) is 81.6 cm³/mol. The van der Waals surface area contributed by atoms with Crippen molar-refractivity contribution < 1.29 is 9.53 Å². The van der Waals surface area contributed by atoms with Crippen molar-refractivity contribution in [3.05, 3.63) is 0 Å². The zero-order valence-electron chi connectivity index (χ0n) is 13.5. The zero-order chi connectivity index (χ0) is 14.6. The minimum absolute atomic E-state index is 0.00838. The van der Waals surface area contributed by atoms with E-state index in [1.165, 1.54) is 38.5 Å². The third-order valence-electron chi connectivity index (χ3n) is 5.44. The normalized spacial score (nSPS) is 30.9. The van der Waals surface area contributed by atoms with Gasteiger partial charge in [0.25, 0.3) is 0 Å². The van der Waals surface area contributed by atoms with Gasteiger partial charge in [0.15, 0.2) is 0 Å². The van der Waals surface area contributed by atoms with E-state index in [-0.39, 0.29) is 11.4 Å². The Labute approximate surface area is 123 Å². The van der Waals surface area contributed by atoms with Crippen LogP contribution in [0.4, 0.5) is 0 Å². The van der Waals surface area contributed by atoms with Crippen molar-refractivity contribution in [2.45, 2.75) is 90.1 Å². The van der Waals surface area contributed by atoms with Crippen LogP contribution >= 0.6 is 0 Å². The molecule has 0 bridgehead atoms. The van der Waals surface area contributed by atoms with Gasteiger partial charge in [-0.2, -0.15) is 0 Å². The average Bonchev–Trinajstić information content (AvgIpc) is 2.57. The molecule has 1 atom stereocenters. The highest BCUT2D eigenvalue weighted by Gasteiger charge is 2.55. The maximum absolute atomic E-state index is 12.7. The molecule has 2 aliphatic rings. The largest absolute Gasteiger partial charge is 0.465 e. The van der Waals surface area contributed by atoms with Gasteiger partial charge in [0.2, 0.25) is 0 Å². The summed E-state index contributed by atoms with van der Waals surface area (Å²) in [6.07, 6.45) is 10.8. The molecule has 0 aliphatic heterocycles. The van der Waals surface area contributed by atoms with Crippen LogP contribution in [0.15, 0.2) is 0 Å². The summed E-state index contributed by atoms with van der Waals surface area (Å²) < 4.78 is 5.44. The molecule has 20 heavy (non-hydrogen) atoms. The zero-order valence-corrected chi connectivity index (χ0v) is 13.5. The van der Waals surface area contributed by atoms with Crippen LogP contribution in [-0.4, -0.2) is 24.2 Å². The lowest BCUT2D eigenvalue weighted by molar-refractivity contribution is -0.156. The second-order valence-electron chi connectivity index (χ2n) is 7.20. The van der Waals surface area contributed by atoms with Crippen molar-refractivity contribution in [2.75, 3.05) is 6.61 Å². The van der Waals surface area contributed by atoms with E-state index in [4.69, 9.17) is 4.74 Å². The molecule has 0 heterocycles. The van der Waals surface area contributed by atoms with Crippen molar-refractivity contribution in [2.24, 2.45) is 5.41 Å². The van der Waals surface area contributed by atoms with E-state index < -0.39 is 5.54 Å². The molecule has 0 radical (unpaired) electrons. The lowest BCUT2D eigenvalue weighted by Gasteiger charge is -2.42. The van der Waals surface area contributed by atoms with E-state index in [2.05, 4.69) is 19.2 Å². The Balaban J connectivity index is 2.16. The Hall–Kier alpha value is -0.570. The molecule has 2 rings (SSSR count). The molecule has 2 saturated carbocycles. The van der Waals surface area contributed by atoms with Gasteiger partial charge in [-0.15, -0.1) is 0 Å². The van der Waals surface area contributed by atoms with Gasteiger partial charge in [-0.05, 0) is 38.0 Å². The Bertz CT molecular complexity index is 332. The third kappa shape index (κ3) is 3.03. The lowest BCUT2D eigenvalue weighted by atomic mass is 9.74. The van der Waals surface area contributed by atoms with Crippen molar-refractivity contribution in [1.29, 1.82) is 0 Å². The maximum Gasteiger partial charge on any atom is 0.326 e. The van der Waals surface area contributed by atoms with E-state index in [1.807, 2.05) is 6.92 Å². The smallest absolute Gasteiger partial charge is 0.326 e. The minimum atomic E-state index is -0.460. The van der Waals surface area contributed by atoms with Gasteiger partial charge < -0.3 is 4.74 Å². The number of hydrogen-bond acceptors (Lipinski definition) is 3. The van der Waals surface area contributed by atoms with Crippen LogP contribution in [0, 0.1) is 5.41 Å². The molecular formula is C17H31NO2. The molecule has 0 saturated heterocycles. The van der Waals surface area contributed by atoms with Gasteiger partial charge in [0.05, 0.1) is 6.61 Å². The van der Waals surface area contributed by atoms with Gasteiger partial charge in [-0.25, -0.2) is 0 Å². The SMILES string of the molecule is CCOC(=O)C1(NC2CCCCCC2)CCCC1(C)C. The molecule has 3 nitrogen and oxygen atoms in total. The molecule has 0 aromatic rings. The second-order valence-corrected chi connectivity index (χ2v) is 7.20. The number of nitrogens with one attached hydrogen (secondary N) is 1. The van der Waals surface area contributed by atoms with Crippen LogP contribution < -0.4 is 5.32 Å². The number of hydrogen-bond donors (Lipinski definition) is 1. The summed E-state index contributed by atoms with van der Waals surface area (Å²) in [6.45, 7) is 6.82. The molecule has 3 heteroatoms. The van der Waals surface area contributed by atoms with Gasteiger partial charge in [-0.3, -0.25) is 10.1 Å². The van der Waals surface area contributed by atoms with E-state index in [0.29, 0.717) is 12.6 Å². The molecule has 2 aliphatic carbocycles. The van der Waals surface area contributed by atoms with E-state index in [1.54, 1.807) is 0 Å². The fourth-order valence-electron chi connectivity index (χ4n) is 4.08. The summed E-state index contributed by atoms with van der Waals surface area (Å²) >= 11 is 0. The summed E-state index contributed by atoms with van der Waals surface area (Å²) in [7, 11) is 0. The molecule has 116 valence electrons. The summed E-state index contributed by atoms with van der Waals surface area (Å²) in [4.78, 5) is 12.7. The summed E-state index contributed by atoms with van der Waals surface area (Å²) in [6, 6.07) is 0.485. The summed E-state index contributed by atoms with van der Waals surface area (Å²) in [5.41, 5.74) is -0.469. The molecule has 0 spiro atoms. The van der Waals surface area contributed by atoms with Gasteiger partial charge >= 0.3 is 5.97 Å². The first-order valence-corrected chi connectivity index (χ1v) is 8.47. The van der Waals surface area contributed by atoms with Gasteiger partial charge in [0.1, 0.15) is 5.54 Å². The highest BCUT2D eigenvalue weighted by atomic mass is 16.5. The number of esters is 1. The van der Waals surface area contributed by atoms with Gasteiger partial charge in [0, 0.05) is 6.04 Å². The van der Waals surface area contributed by atoms with E-state index in [0.717, 1.165) is 19.3 Å². The van der Waals surface area contributed by atoms with Crippen molar-refractivity contribution in [3.8, 4) is 0 Å². The lowest BCUT2D eigenvalue weighted by Crippen LogP contribution is -2.62. The number of ether oxygens (including phenoxy) is 1. The highest BCUT2D eigenvalue weighted by molar-refractivity contribution is 5.82. The summed E-state index contributed by atoms with van der Waals surface area (Å²) in [5, 5.41) is 3.77. The van der Waals surface area contributed by atoms with Crippen LogP contribution in [-0.2, 0) is 9.53 Å². The molecule has 0 aromatic heterocycles. The fourth-order valence-corrected chi connectivity index (χ4v) is 4.08. The Morgan fingerprint density at radius 3 is 2.25 bits per heavy atom.